The maximum Gasteiger partial charge on any atom is 0.336 e. The van der Waals surface area contributed by atoms with Crippen molar-refractivity contribution >= 4 is 17.8 Å². The third-order valence-electron chi connectivity index (χ3n) is 3.41. The summed E-state index contributed by atoms with van der Waals surface area (Å²) in [5.74, 6) is -1.80. The lowest BCUT2D eigenvalue weighted by molar-refractivity contribution is -0.170. The van der Waals surface area contributed by atoms with Crippen LogP contribution in [0.15, 0.2) is 24.3 Å². The molecule has 1 saturated heterocycles. The van der Waals surface area contributed by atoms with E-state index in [0.29, 0.717) is 11.1 Å². The van der Waals surface area contributed by atoms with Gasteiger partial charge in [0, 0.05) is 17.5 Å². The Hall–Kier alpha value is -2.21. The average Bonchev–Trinajstić information content (AvgIpc) is 2.64. The molecule has 0 aromatic heterocycles. The van der Waals surface area contributed by atoms with Crippen LogP contribution < -0.4 is 0 Å². The first-order valence-corrected chi connectivity index (χ1v) is 5.94. The maximum absolute atomic E-state index is 12.2. The van der Waals surface area contributed by atoms with Gasteiger partial charge in [0.2, 0.25) is 0 Å². The van der Waals surface area contributed by atoms with Crippen LogP contribution in [-0.2, 0) is 14.3 Å². The number of benzene rings is 1. The Morgan fingerprint density at radius 2 is 1.95 bits per heavy atom. The van der Waals surface area contributed by atoms with Gasteiger partial charge in [-0.3, -0.25) is 14.5 Å². The van der Waals surface area contributed by atoms with Crippen LogP contribution in [0.1, 0.15) is 35.0 Å². The number of amides is 1. The molecular formula is C13H11NO5. The van der Waals surface area contributed by atoms with Crippen molar-refractivity contribution in [2.45, 2.75) is 25.1 Å². The molecule has 2 aliphatic heterocycles. The van der Waals surface area contributed by atoms with Gasteiger partial charge >= 0.3 is 11.9 Å². The topological polar surface area (TPSA) is 83.9 Å². The van der Waals surface area contributed by atoms with E-state index in [1.54, 1.807) is 24.3 Å². The number of carbonyl (C=O) groups excluding carboxylic acids is 3. The highest BCUT2D eigenvalue weighted by Gasteiger charge is 2.45. The van der Waals surface area contributed by atoms with Crippen molar-refractivity contribution in [3.8, 4) is 0 Å². The molecule has 98 valence electrons. The van der Waals surface area contributed by atoms with Gasteiger partial charge in [0.05, 0.1) is 0 Å². The molecule has 2 atom stereocenters. The number of nitrogens with zero attached hydrogens (tertiary/aromatic N) is 1. The fourth-order valence-corrected chi connectivity index (χ4v) is 2.49. The molecule has 1 amide bonds. The minimum Gasteiger partial charge on any atom is -0.392 e. The number of aliphatic hydroxyl groups excluding tert-OH is 1. The quantitative estimate of drug-likeness (QED) is 0.583. The van der Waals surface area contributed by atoms with Crippen LogP contribution in [0, 0.1) is 0 Å². The summed E-state index contributed by atoms with van der Waals surface area (Å²) in [6.07, 6.45) is -0.938. The zero-order valence-corrected chi connectivity index (χ0v) is 9.91. The summed E-state index contributed by atoms with van der Waals surface area (Å²) >= 11 is 0. The monoisotopic (exact) mass is 261 g/mol. The second-order valence-corrected chi connectivity index (χ2v) is 4.52. The van der Waals surface area contributed by atoms with Gasteiger partial charge < -0.3 is 9.84 Å². The third kappa shape index (κ3) is 1.72. The highest BCUT2D eigenvalue weighted by molar-refractivity contribution is 6.02. The van der Waals surface area contributed by atoms with Crippen LogP contribution in [0.5, 0.6) is 0 Å². The molecule has 19 heavy (non-hydrogen) atoms. The molecule has 1 aromatic rings. The second kappa shape index (κ2) is 4.17. The summed E-state index contributed by atoms with van der Waals surface area (Å²) in [6, 6.07) is 5.72. The zero-order chi connectivity index (χ0) is 13.6. The summed E-state index contributed by atoms with van der Waals surface area (Å²) in [6.45, 7) is 0. The van der Waals surface area contributed by atoms with E-state index in [4.69, 9.17) is 0 Å². The Morgan fingerprint density at radius 3 is 2.63 bits per heavy atom. The lowest BCUT2D eigenvalue weighted by atomic mass is 10.1. The SMILES string of the molecule is O=C1CCC(N2C(=O)c3ccccc3C2O)C(=O)O1. The molecule has 3 rings (SSSR count). The molecule has 1 N–H and O–H groups in total. The number of rotatable bonds is 1. The van der Waals surface area contributed by atoms with Crippen molar-refractivity contribution in [2.75, 3.05) is 0 Å². The van der Waals surface area contributed by atoms with Crippen LogP contribution in [0.25, 0.3) is 0 Å². The Kier molecular flexibility index (Phi) is 2.60. The van der Waals surface area contributed by atoms with E-state index in [1.807, 2.05) is 0 Å². The molecule has 6 heteroatoms. The van der Waals surface area contributed by atoms with Crippen molar-refractivity contribution in [3.63, 3.8) is 0 Å². The molecule has 0 bridgehead atoms. The number of esters is 2. The predicted octanol–water partition coefficient (Wildman–Crippen LogP) is 0.365. The van der Waals surface area contributed by atoms with Crippen molar-refractivity contribution < 1.29 is 24.2 Å². The molecule has 6 nitrogen and oxygen atoms in total. The van der Waals surface area contributed by atoms with E-state index in [1.165, 1.54) is 0 Å². The zero-order valence-electron chi connectivity index (χ0n) is 9.91. The van der Waals surface area contributed by atoms with Crippen molar-refractivity contribution in [1.29, 1.82) is 0 Å². The first-order chi connectivity index (χ1) is 9.09. The molecule has 2 heterocycles. The number of aliphatic hydroxyl groups is 1. The molecule has 0 spiro atoms. The predicted molar refractivity (Wildman–Crippen MR) is 61.7 cm³/mol. The Bertz CT molecular complexity index is 582. The molecule has 0 saturated carbocycles. The lowest BCUT2D eigenvalue weighted by Crippen LogP contribution is -2.47. The van der Waals surface area contributed by atoms with Crippen LogP contribution in [0.3, 0.4) is 0 Å². The molecule has 2 unspecified atom stereocenters. The number of hydrogen-bond acceptors (Lipinski definition) is 5. The van der Waals surface area contributed by atoms with Gasteiger partial charge in [0.25, 0.3) is 5.91 Å². The first kappa shape index (κ1) is 11.9. The van der Waals surface area contributed by atoms with Gasteiger partial charge in [0.15, 0.2) is 6.23 Å². The Morgan fingerprint density at radius 1 is 1.21 bits per heavy atom. The van der Waals surface area contributed by atoms with Gasteiger partial charge in [-0.2, -0.15) is 0 Å². The number of hydrogen-bond donors (Lipinski definition) is 1. The molecular weight excluding hydrogens is 250 g/mol. The van der Waals surface area contributed by atoms with E-state index >= 15 is 0 Å². The van der Waals surface area contributed by atoms with Crippen LogP contribution >= 0.6 is 0 Å². The molecule has 1 aromatic carbocycles. The Labute approximate surface area is 108 Å². The minimum atomic E-state index is -1.17. The average molecular weight is 261 g/mol. The first-order valence-electron chi connectivity index (χ1n) is 5.94. The Balaban J connectivity index is 1.94. The summed E-state index contributed by atoms with van der Waals surface area (Å²) in [5, 5.41) is 10.2. The summed E-state index contributed by atoms with van der Waals surface area (Å²) in [7, 11) is 0. The van der Waals surface area contributed by atoms with Gasteiger partial charge in [-0.25, -0.2) is 4.79 Å². The van der Waals surface area contributed by atoms with E-state index < -0.39 is 30.1 Å². The van der Waals surface area contributed by atoms with Gasteiger partial charge in [-0.15, -0.1) is 0 Å². The second-order valence-electron chi connectivity index (χ2n) is 4.52. The smallest absolute Gasteiger partial charge is 0.336 e. The standard InChI is InChI=1S/C13H11NO5/c15-10-6-5-9(13(18)19-10)14-11(16)7-3-1-2-4-8(7)12(14)17/h1-4,9,11,16H,5-6H2. The van der Waals surface area contributed by atoms with Crippen molar-refractivity contribution in [2.24, 2.45) is 0 Å². The summed E-state index contributed by atoms with van der Waals surface area (Å²) in [5.41, 5.74) is 0.844. The van der Waals surface area contributed by atoms with Crippen LogP contribution in [0.4, 0.5) is 0 Å². The molecule has 0 radical (unpaired) electrons. The fourth-order valence-electron chi connectivity index (χ4n) is 2.49. The molecule has 2 aliphatic rings. The van der Waals surface area contributed by atoms with Crippen LogP contribution in [-0.4, -0.2) is 33.9 Å². The van der Waals surface area contributed by atoms with Crippen molar-refractivity contribution in [1.82, 2.24) is 4.90 Å². The number of fused-ring (bicyclic) bond motifs is 1. The van der Waals surface area contributed by atoms with E-state index in [9.17, 15) is 19.5 Å². The van der Waals surface area contributed by atoms with Gasteiger partial charge in [-0.05, 0) is 12.5 Å². The van der Waals surface area contributed by atoms with Crippen molar-refractivity contribution in [3.05, 3.63) is 35.4 Å². The number of ether oxygens (including phenoxy) is 1. The third-order valence-corrected chi connectivity index (χ3v) is 3.41. The summed E-state index contributed by atoms with van der Waals surface area (Å²) in [4.78, 5) is 36.0. The van der Waals surface area contributed by atoms with Gasteiger partial charge in [0.1, 0.15) is 6.04 Å². The van der Waals surface area contributed by atoms with E-state index in [0.717, 1.165) is 4.90 Å². The van der Waals surface area contributed by atoms with Crippen LogP contribution in [0.2, 0.25) is 0 Å². The highest BCUT2D eigenvalue weighted by atomic mass is 16.6. The highest BCUT2D eigenvalue weighted by Crippen LogP contribution is 2.35. The number of cyclic esters (lactones) is 2. The summed E-state index contributed by atoms with van der Waals surface area (Å²) < 4.78 is 4.52. The maximum atomic E-state index is 12.2. The lowest BCUT2D eigenvalue weighted by Gasteiger charge is -2.30. The van der Waals surface area contributed by atoms with E-state index in [2.05, 4.69) is 4.74 Å². The normalized spacial score (nSPS) is 26.4. The number of carbonyl (C=O) groups is 3. The minimum absolute atomic E-state index is 0.0588. The molecule has 1 fully saturated rings. The largest absolute Gasteiger partial charge is 0.392 e. The van der Waals surface area contributed by atoms with E-state index in [-0.39, 0.29) is 12.8 Å². The van der Waals surface area contributed by atoms with Gasteiger partial charge in [-0.1, -0.05) is 18.2 Å². The fraction of sp³-hybridized carbons (Fsp3) is 0.308. The molecule has 0 aliphatic carbocycles.